The maximum Gasteiger partial charge on any atom is 0.0716 e. The Kier molecular flexibility index (Phi) is 6.55. The van der Waals surface area contributed by atoms with E-state index in [1.165, 1.54) is 11.1 Å². The molecule has 0 aliphatic heterocycles. The number of benzene rings is 1. The second-order valence-electron chi connectivity index (χ2n) is 3.95. The normalized spacial score (nSPS) is 12.4. The average molecular weight is 234 g/mol. The number of rotatable bonds is 8. The smallest absolute Gasteiger partial charge is 0.0716 e. The van der Waals surface area contributed by atoms with Crippen LogP contribution in [0.5, 0.6) is 0 Å². The zero-order valence-electron chi connectivity index (χ0n) is 10.5. The first kappa shape index (κ1) is 13.9. The molecule has 3 N–H and O–H groups in total. The van der Waals surface area contributed by atoms with Gasteiger partial charge in [0.05, 0.1) is 6.61 Å². The molecule has 0 aliphatic rings. The van der Waals surface area contributed by atoms with E-state index in [9.17, 15) is 0 Å². The van der Waals surface area contributed by atoms with Gasteiger partial charge in [0.25, 0.3) is 0 Å². The fourth-order valence-corrected chi connectivity index (χ4v) is 1.84. The van der Waals surface area contributed by atoms with Gasteiger partial charge in [-0.1, -0.05) is 30.3 Å². The molecule has 0 bridgehead atoms. The lowest BCUT2D eigenvalue weighted by Crippen LogP contribution is -2.29. The van der Waals surface area contributed by atoms with Crippen LogP contribution in [0.3, 0.4) is 0 Å². The van der Waals surface area contributed by atoms with Crippen molar-refractivity contribution in [2.45, 2.75) is 19.1 Å². The van der Waals surface area contributed by atoms with Crippen LogP contribution in [0.2, 0.25) is 0 Å². The maximum atomic E-state index is 5.82. The molecule has 0 heterocycles. The second-order valence-corrected chi connectivity index (χ2v) is 3.95. The molecule has 0 spiro atoms. The maximum absolute atomic E-state index is 5.82. The Morgan fingerprint density at radius 3 is 2.88 bits per heavy atom. The Morgan fingerprint density at radius 2 is 2.24 bits per heavy atom. The lowest BCUT2D eigenvalue weighted by Gasteiger charge is -2.20. The molecule has 1 aromatic carbocycles. The molecular weight excluding hydrogens is 212 g/mol. The molecule has 0 amide bonds. The van der Waals surface area contributed by atoms with Crippen LogP contribution in [0.4, 0.5) is 0 Å². The number of hydrogen-bond donors (Lipinski definition) is 2. The summed E-state index contributed by atoms with van der Waals surface area (Å²) in [5.74, 6) is 0. The van der Waals surface area contributed by atoms with Crippen LogP contribution < -0.4 is 11.1 Å². The monoisotopic (exact) mass is 234 g/mol. The van der Waals surface area contributed by atoms with Crippen molar-refractivity contribution in [2.24, 2.45) is 5.73 Å². The summed E-state index contributed by atoms with van der Waals surface area (Å²) in [6, 6.07) is 8.42. The standard InChI is InChI=1S/C14H22N2O/c1-3-4-9-16-14(10-15)13-8-6-5-7-12(13)11-17-2/h3,5-8,14,16H,1,4,9-11,15H2,2H3. The third-order valence-corrected chi connectivity index (χ3v) is 2.71. The van der Waals surface area contributed by atoms with Gasteiger partial charge >= 0.3 is 0 Å². The highest BCUT2D eigenvalue weighted by molar-refractivity contribution is 5.29. The van der Waals surface area contributed by atoms with Crippen LogP contribution in [0.25, 0.3) is 0 Å². The molecule has 0 aliphatic carbocycles. The summed E-state index contributed by atoms with van der Waals surface area (Å²) in [5.41, 5.74) is 8.24. The Balaban J connectivity index is 2.75. The molecule has 0 radical (unpaired) electrons. The fraction of sp³-hybridized carbons (Fsp3) is 0.429. The molecule has 0 saturated carbocycles. The highest BCUT2D eigenvalue weighted by Gasteiger charge is 2.12. The van der Waals surface area contributed by atoms with E-state index in [1.807, 2.05) is 18.2 Å². The van der Waals surface area contributed by atoms with Gasteiger partial charge in [-0.2, -0.15) is 0 Å². The Hall–Kier alpha value is -1.16. The van der Waals surface area contributed by atoms with Crippen molar-refractivity contribution in [3.63, 3.8) is 0 Å². The summed E-state index contributed by atoms with van der Waals surface area (Å²) in [5, 5.41) is 3.43. The van der Waals surface area contributed by atoms with E-state index in [0.29, 0.717) is 13.2 Å². The van der Waals surface area contributed by atoms with Crippen molar-refractivity contribution < 1.29 is 4.74 Å². The van der Waals surface area contributed by atoms with Crippen molar-refractivity contribution in [3.05, 3.63) is 48.0 Å². The third-order valence-electron chi connectivity index (χ3n) is 2.71. The van der Waals surface area contributed by atoms with Gasteiger partial charge in [-0.3, -0.25) is 0 Å². The number of hydrogen-bond acceptors (Lipinski definition) is 3. The van der Waals surface area contributed by atoms with Gasteiger partial charge in [0.1, 0.15) is 0 Å². The molecule has 3 heteroatoms. The molecule has 3 nitrogen and oxygen atoms in total. The van der Waals surface area contributed by atoms with E-state index in [2.05, 4.69) is 24.0 Å². The summed E-state index contributed by atoms with van der Waals surface area (Å²) in [6.45, 7) is 5.81. The number of methoxy groups -OCH3 is 1. The van der Waals surface area contributed by atoms with Crippen molar-refractivity contribution in [2.75, 3.05) is 20.2 Å². The number of nitrogens with two attached hydrogens (primary N) is 1. The van der Waals surface area contributed by atoms with Crippen molar-refractivity contribution in [1.82, 2.24) is 5.32 Å². The van der Waals surface area contributed by atoms with E-state index < -0.39 is 0 Å². The highest BCUT2D eigenvalue weighted by atomic mass is 16.5. The van der Waals surface area contributed by atoms with Gasteiger partial charge in [-0.25, -0.2) is 0 Å². The van der Waals surface area contributed by atoms with Gasteiger partial charge in [0, 0.05) is 19.7 Å². The zero-order chi connectivity index (χ0) is 12.5. The molecule has 1 atom stereocenters. The minimum absolute atomic E-state index is 0.182. The molecule has 17 heavy (non-hydrogen) atoms. The van der Waals surface area contributed by atoms with Crippen LogP contribution in [-0.4, -0.2) is 20.2 Å². The summed E-state index contributed by atoms with van der Waals surface area (Å²) in [7, 11) is 1.71. The molecule has 94 valence electrons. The molecule has 1 aromatic rings. The highest BCUT2D eigenvalue weighted by Crippen LogP contribution is 2.18. The van der Waals surface area contributed by atoms with Gasteiger partial charge in [0.15, 0.2) is 0 Å². The predicted molar refractivity (Wildman–Crippen MR) is 71.8 cm³/mol. The van der Waals surface area contributed by atoms with Gasteiger partial charge in [0.2, 0.25) is 0 Å². The van der Waals surface area contributed by atoms with Gasteiger partial charge in [-0.15, -0.1) is 6.58 Å². The van der Waals surface area contributed by atoms with E-state index in [0.717, 1.165) is 13.0 Å². The Bertz CT molecular complexity index is 339. The number of nitrogens with one attached hydrogen (secondary N) is 1. The van der Waals surface area contributed by atoms with E-state index in [-0.39, 0.29) is 6.04 Å². The molecule has 0 aromatic heterocycles. The molecule has 0 saturated heterocycles. The molecule has 1 rings (SSSR count). The molecular formula is C14H22N2O. The van der Waals surface area contributed by atoms with Crippen molar-refractivity contribution in [3.8, 4) is 0 Å². The summed E-state index contributed by atoms with van der Waals surface area (Å²) >= 11 is 0. The van der Waals surface area contributed by atoms with E-state index >= 15 is 0 Å². The minimum Gasteiger partial charge on any atom is -0.380 e. The molecule has 0 fully saturated rings. The van der Waals surface area contributed by atoms with Crippen LogP contribution in [0.1, 0.15) is 23.6 Å². The summed E-state index contributed by atoms with van der Waals surface area (Å²) in [6.07, 6.45) is 2.85. The quantitative estimate of drug-likeness (QED) is 0.534. The SMILES string of the molecule is C=CCCNC(CN)c1ccccc1COC. The topological polar surface area (TPSA) is 47.3 Å². The van der Waals surface area contributed by atoms with Crippen LogP contribution in [0.15, 0.2) is 36.9 Å². The lowest BCUT2D eigenvalue weighted by molar-refractivity contribution is 0.183. The third kappa shape index (κ3) is 4.30. The van der Waals surface area contributed by atoms with Crippen LogP contribution in [0, 0.1) is 0 Å². The van der Waals surface area contributed by atoms with E-state index in [1.54, 1.807) is 7.11 Å². The first-order valence-electron chi connectivity index (χ1n) is 5.94. The van der Waals surface area contributed by atoms with Crippen LogP contribution in [-0.2, 0) is 11.3 Å². The summed E-state index contributed by atoms with van der Waals surface area (Å²) in [4.78, 5) is 0. The predicted octanol–water partition coefficient (Wildman–Crippen LogP) is 2.00. The van der Waals surface area contributed by atoms with Crippen molar-refractivity contribution >= 4 is 0 Å². The Morgan fingerprint density at radius 1 is 1.47 bits per heavy atom. The Labute approximate surface area is 104 Å². The van der Waals surface area contributed by atoms with Gasteiger partial charge in [-0.05, 0) is 24.1 Å². The fourth-order valence-electron chi connectivity index (χ4n) is 1.84. The van der Waals surface area contributed by atoms with Crippen LogP contribution >= 0.6 is 0 Å². The van der Waals surface area contributed by atoms with E-state index in [4.69, 9.17) is 10.5 Å². The second kappa shape index (κ2) is 8.01. The zero-order valence-corrected chi connectivity index (χ0v) is 10.5. The largest absolute Gasteiger partial charge is 0.380 e. The first-order valence-corrected chi connectivity index (χ1v) is 5.94. The van der Waals surface area contributed by atoms with Gasteiger partial charge < -0.3 is 15.8 Å². The lowest BCUT2D eigenvalue weighted by atomic mass is 10.0. The first-order chi connectivity index (χ1) is 8.33. The molecule has 1 unspecified atom stereocenters. The summed E-state index contributed by atoms with van der Waals surface area (Å²) < 4.78 is 5.20. The number of ether oxygens (including phenoxy) is 1. The average Bonchev–Trinajstić information content (AvgIpc) is 2.36. The van der Waals surface area contributed by atoms with Crippen molar-refractivity contribution in [1.29, 1.82) is 0 Å². The minimum atomic E-state index is 0.182.